The zero-order valence-corrected chi connectivity index (χ0v) is 16.6. The van der Waals surface area contributed by atoms with E-state index in [1.807, 2.05) is 44.2 Å². The third-order valence-electron chi connectivity index (χ3n) is 5.64. The second-order valence-electron chi connectivity index (χ2n) is 7.74. The molecule has 148 valence electrons. The Morgan fingerprint density at radius 2 is 1.57 bits per heavy atom. The summed E-state index contributed by atoms with van der Waals surface area (Å²) in [5.74, 6) is 0.341. The molecule has 0 bridgehead atoms. The highest BCUT2D eigenvalue weighted by atomic mass is 16.5. The zero-order chi connectivity index (χ0) is 20.1. The first kappa shape index (κ1) is 20.1. The molecular weight excluding hydrogens is 352 g/mol. The summed E-state index contributed by atoms with van der Waals surface area (Å²) in [4.78, 5) is 24.7. The van der Waals surface area contributed by atoms with Crippen molar-refractivity contribution in [1.29, 1.82) is 0 Å². The van der Waals surface area contributed by atoms with E-state index in [-0.39, 0.29) is 24.1 Å². The summed E-state index contributed by atoms with van der Waals surface area (Å²) in [6.07, 6.45) is 10.1. The Morgan fingerprint density at radius 1 is 1.00 bits per heavy atom. The molecule has 0 aromatic heterocycles. The minimum Gasteiger partial charge on any atom is -0.459 e. The van der Waals surface area contributed by atoms with Gasteiger partial charge in [-0.1, -0.05) is 42.5 Å². The first-order valence-electron chi connectivity index (χ1n) is 9.94. The molecule has 2 saturated carbocycles. The van der Waals surface area contributed by atoms with Gasteiger partial charge in [-0.2, -0.15) is 0 Å². The number of esters is 2. The van der Waals surface area contributed by atoms with E-state index in [1.54, 1.807) is 18.2 Å². The fourth-order valence-corrected chi connectivity index (χ4v) is 4.32. The van der Waals surface area contributed by atoms with Gasteiger partial charge in [-0.05, 0) is 69.6 Å². The van der Waals surface area contributed by atoms with Crippen LogP contribution in [0.15, 0.2) is 60.7 Å². The van der Waals surface area contributed by atoms with Crippen molar-refractivity contribution in [2.24, 2.45) is 11.8 Å². The van der Waals surface area contributed by atoms with E-state index in [2.05, 4.69) is 6.58 Å². The summed E-state index contributed by atoms with van der Waals surface area (Å²) in [5.41, 5.74) is 2.23. The van der Waals surface area contributed by atoms with Crippen LogP contribution in [0.5, 0.6) is 0 Å². The number of fused-ring (bicyclic) bond motifs is 1. The van der Waals surface area contributed by atoms with Gasteiger partial charge in [0.1, 0.15) is 12.2 Å². The molecule has 0 heterocycles. The molecule has 3 rings (SSSR count). The summed E-state index contributed by atoms with van der Waals surface area (Å²) in [6.45, 7) is 7.50. The van der Waals surface area contributed by atoms with E-state index >= 15 is 0 Å². The van der Waals surface area contributed by atoms with Crippen LogP contribution in [0.25, 0.3) is 0 Å². The molecule has 0 saturated heterocycles. The third-order valence-corrected chi connectivity index (χ3v) is 5.64. The molecule has 1 aromatic carbocycles. The van der Waals surface area contributed by atoms with Gasteiger partial charge in [-0.15, -0.1) is 0 Å². The Bertz CT molecular complexity index is 773. The summed E-state index contributed by atoms with van der Waals surface area (Å²) < 4.78 is 11.4. The Hall–Kier alpha value is -2.62. The topological polar surface area (TPSA) is 52.6 Å². The first-order chi connectivity index (χ1) is 13.5. The monoisotopic (exact) mass is 380 g/mol. The molecule has 0 radical (unpaired) electrons. The molecule has 1 aromatic rings. The lowest BCUT2D eigenvalue weighted by Crippen LogP contribution is -2.20. The quantitative estimate of drug-likeness (QED) is 0.398. The highest BCUT2D eigenvalue weighted by Crippen LogP contribution is 2.46. The molecule has 0 amide bonds. The van der Waals surface area contributed by atoms with Crippen molar-refractivity contribution in [3.8, 4) is 0 Å². The van der Waals surface area contributed by atoms with Crippen molar-refractivity contribution in [2.45, 2.75) is 51.7 Å². The van der Waals surface area contributed by atoms with Gasteiger partial charge in [0.05, 0.1) is 11.1 Å². The van der Waals surface area contributed by atoms with Gasteiger partial charge in [0, 0.05) is 0 Å². The molecule has 2 unspecified atom stereocenters. The molecule has 0 spiro atoms. The SMILES string of the molecule is C=C/C=C(\C=C/C)C(=O)OC1CC2CC(OC(=O)c3ccc(C)cc3)CC2C1. The van der Waals surface area contributed by atoms with Crippen LogP contribution < -0.4 is 0 Å². The highest BCUT2D eigenvalue weighted by Gasteiger charge is 2.44. The zero-order valence-electron chi connectivity index (χ0n) is 16.6. The predicted octanol–water partition coefficient (Wildman–Crippen LogP) is 4.94. The fraction of sp³-hybridized carbons (Fsp3) is 0.417. The molecule has 0 aliphatic heterocycles. The summed E-state index contributed by atoms with van der Waals surface area (Å²) in [5, 5.41) is 0. The number of aryl methyl sites for hydroxylation is 1. The molecular formula is C24H28O4. The van der Waals surface area contributed by atoms with Gasteiger partial charge < -0.3 is 9.47 Å². The van der Waals surface area contributed by atoms with Gasteiger partial charge >= 0.3 is 11.9 Å². The van der Waals surface area contributed by atoms with Crippen molar-refractivity contribution < 1.29 is 19.1 Å². The minimum atomic E-state index is -0.301. The lowest BCUT2D eigenvalue weighted by molar-refractivity contribution is -0.143. The van der Waals surface area contributed by atoms with Crippen LogP contribution in [0.2, 0.25) is 0 Å². The number of carbonyl (C=O) groups excluding carboxylic acids is 2. The first-order valence-corrected chi connectivity index (χ1v) is 9.94. The minimum absolute atomic E-state index is 0.0419. The summed E-state index contributed by atoms with van der Waals surface area (Å²) >= 11 is 0. The lowest BCUT2D eigenvalue weighted by Gasteiger charge is -2.17. The van der Waals surface area contributed by atoms with Crippen LogP contribution in [-0.2, 0) is 14.3 Å². The smallest absolute Gasteiger partial charge is 0.338 e. The maximum atomic E-state index is 12.3. The maximum absolute atomic E-state index is 12.3. The number of hydrogen-bond acceptors (Lipinski definition) is 4. The normalized spacial score (nSPS) is 26.9. The lowest BCUT2D eigenvalue weighted by atomic mass is 10.0. The van der Waals surface area contributed by atoms with Crippen LogP contribution in [-0.4, -0.2) is 24.1 Å². The summed E-state index contributed by atoms with van der Waals surface area (Å²) in [6, 6.07) is 7.45. The third kappa shape index (κ3) is 4.80. The predicted molar refractivity (Wildman–Crippen MR) is 109 cm³/mol. The average molecular weight is 380 g/mol. The van der Waals surface area contributed by atoms with Crippen molar-refractivity contribution in [2.75, 3.05) is 0 Å². The molecule has 0 N–H and O–H groups in total. The van der Waals surface area contributed by atoms with E-state index in [1.165, 1.54) is 0 Å². The van der Waals surface area contributed by atoms with E-state index in [4.69, 9.17) is 9.47 Å². The molecule has 4 heteroatoms. The molecule has 2 aliphatic rings. The Balaban J connectivity index is 1.50. The van der Waals surface area contributed by atoms with Crippen molar-refractivity contribution in [1.82, 2.24) is 0 Å². The van der Waals surface area contributed by atoms with E-state index < -0.39 is 0 Å². The van der Waals surface area contributed by atoms with Gasteiger partial charge in [0.25, 0.3) is 0 Å². The molecule has 2 aliphatic carbocycles. The van der Waals surface area contributed by atoms with Gasteiger partial charge in [0.2, 0.25) is 0 Å². The number of allylic oxidation sites excluding steroid dienone is 3. The van der Waals surface area contributed by atoms with Crippen molar-refractivity contribution in [3.63, 3.8) is 0 Å². The summed E-state index contributed by atoms with van der Waals surface area (Å²) in [7, 11) is 0. The Labute approximate surface area is 166 Å². The number of carbonyl (C=O) groups is 2. The van der Waals surface area contributed by atoms with E-state index in [0.29, 0.717) is 23.0 Å². The Kier molecular flexibility index (Phi) is 6.50. The van der Waals surface area contributed by atoms with Gasteiger partial charge in [0.15, 0.2) is 0 Å². The standard InChI is InChI=1S/C24H28O4/c1-4-6-17(7-5-2)23(25)27-21-12-19-14-22(15-20(19)13-21)28-24(26)18-10-8-16(3)9-11-18/h4-11,19-22H,1,12-15H2,2-3H3/b7-5-,17-6+. The van der Waals surface area contributed by atoms with Crippen molar-refractivity contribution in [3.05, 3.63) is 71.8 Å². The number of hydrogen-bond donors (Lipinski definition) is 0. The largest absolute Gasteiger partial charge is 0.459 e. The highest BCUT2D eigenvalue weighted by molar-refractivity contribution is 5.92. The number of ether oxygens (including phenoxy) is 2. The molecule has 4 nitrogen and oxygen atoms in total. The molecule has 2 fully saturated rings. The van der Waals surface area contributed by atoms with Crippen LogP contribution >= 0.6 is 0 Å². The maximum Gasteiger partial charge on any atom is 0.338 e. The second-order valence-corrected chi connectivity index (χ2v) is 7.74. The Morgan fingerprint density at radius 3 is 2.11 bits per heavy atom. The van der Waals surface area contributed by atoms with E-state index in [0.717, 1.165) is 31.2 Å². The van der Waals surface area contributed by atoms with Gasteiger partial charge in [-0.25, -0.2) is 9.59 Å². The van der Waals surface area contributed by atoms with Crippen LogP contribution in [0.4, 0.5) is 0 Å². The second kappa shape index (κ2) is 9.05. The van der Waals surface area contributed by atoms with Gasteiger partial charge in [-0.3, -0.25) is 0 Å². The number of rotatable bonds is 6. The van der Waals surface area contributed by atoms with E-state index in [9.17, 15) is 9.59 Å². The molecule has 28 heavy (non-hydrogen) atoms. The van der Waals surface area contributed by atoms with Crippen LogP contribution in [0.1, 0.15) is 48.5 Å². The van der Waals surface area contributed by atoms with Crippen LogP contribution in [0.3, 0.4) is 0 Å². The fourth-order valence-electron chi connectivity index (χ4n) is 4.32. The average Bonchev–Trinajstić information content (AvgIpc) is 3.19. The molecule has 2 atom stereocenters. The van der Waals surface area contributed by atoms with Crippen LogP contribution in [0, 0.1) is 18.8 Å². The van der Waals surface area contributed by atoms with Crippen molar-refractivity contribution >= 4 is 11.9 Å². The number of benzene rings is 1.